The Morgan fingerprint density at radius 3 is 2.25 bits per heavy atom. The quantitative estimate of drug-likeness (QED) is 0.629. The Morgan fingerprint density at radius 2 is 1.64 bits per heavy atom. The van der Waals surface area contributed by atoms with E-state index in [2.05, 4.69) is 0 Å². The normalized spacial score (nSPS) is 10.9. The van der Waals surface area contributed by atoms with Crippen molar-refractivity contribution in [2.45, 2.75) is 11.4 Å². The van der Waals surface area contributed by atoms with Gasteiger partial charge in [-0.25, -0.2) is 12.8 Å². The molecule has 3 rings (SSSR count). The van der Waals surface area contributed by atoms with Gasteiger partial charge in [0.2, 0.25) is 0 Å². The van der Waals surface area contributed by atoms with Crippen LogP contribution in [0.1, 0.15) is 11.1 Å². The van der Waals surface area contributed by atoms with Gasteiger partial charge in [0.25, 0.3) is 10.0 Å². The van der Waals surface area contributed by atoms with Crippen molar-refractivity contribution in [3.8, 4) is 11.8 Å². The third-order valence-corrected chi connectivity index (χ3v) is 5.94. The van der Waals surface area contributed by atoms with Gasteiger partial charge in [-0.2, -0.15) is 5.26 Å². The molecule has 0 atom stereocenters. The Bertz CT molecular complexity index is 1110. The molecule has 0 bridgehead atoms. The zero-order valence-electron chi connectivity index (χ0n) is 15.0. The van der Waals surface area contributed by atoms with E-state index in [9.17, 15) is 12.8 Å². The molecule has 0 heterocycles. The average Bonchev–Trinajstić information content (AvgIpc) is 2.72. The molecule has 0 spiro atoms. The number of nitriles is 1. The maximum atomic E-state index is 13.3. The van der Waals surface area contributed by atoms with Crippen LogP contribution in [0.25, 0.3) is 0 Å². The number of benzene rings is 3. The summed E-state index contributed by atoms with van der Waals surface area (Å²) >= 11 is 0. The summed E-state index contributed by atoms with van der Waals surface area (Å²) in [6, 6.07) is 20.1. The third-order valence-electron chi connectivity index (χ3n) is 4.16. The first-order valence-corrected chi connectivity index (χ1v) is 9.80. The number of methoxy groups -OCH3 is 1. The fourth-order valence-electron chi connectivity index (χ4n) is 2.72. The molecule has 142 valence electrons. The Hall–Kier alpha value is -3.37. The van der Waals surface area contributed by atoms with Crippen LogP contribution < -0.4 is 9.04 Å². The highest BCUT2D eigenvalue weighted by Gasteiger charge is 2.27. The van der Waals surface area contributed by atoms with E-state index in [1.165, 1.54) is 23.5 Å². The number of anilines is 1. The second-order valence-electron chi connectivity index (χ2n) is 5.95. The van der Waals surface area contributed by atoms with Crippen LogP contribution in [0, 0.1) is 17.1 Å². The van der Waals surface area contributed by atoms with Gasteiger partial charge < -0.3 is 4.74 Å². The molecule has 0 saturated carbocycles. The second kappa shape index (κ2) is 8.11. The van der Waals surface area contributed by atoms with Crippen molar-refractivity contribution in [1.82, 2.24) is 0 Å². The zero-order valence-corrected chi connectivity index (χ0v) is 15.9. The SMILES string of the molecule is COc1ccccc1N(Cc1ccc(C#N)cc1)S(=O)(=O)c1ccc(F)cc1. The molecule has 0 aliphatic rings. The number of hydrogen-bond donors (Lipinski definition) is 0. The van der Waals surface area contributed by atoms with Crippen molar-refractivity contribution in [3.05, 3.63) is 89.7 Å². The van der Waals surface area contributed by atoms with E-state index in [4.69, 9.17) is 10.00 Å². The maximum absolute atomic E-state index is 13.3. The van der Waals surface area contributed by atoms with E-state index in [0.29, 0.717) is 22.6 Å². The van der Waals surface area contributed by atoms with Gasteiger partial charge in [-0.1, -0.05) is 24.3 Å². The molecule has 0 fully saturated rings. The number of halogens is 1. The Kier molecular flexibility index (Phi) is 5.62. The lowest BCUT2D eigenvalue weighted by molar-refractivity contribution is 0.415. The van der Waals surface area contributed by atoms with Gasteiger partial charge in [-0.3, -0.25) is 4.31 Å². The number of rotatable bonds is 6. The number of ether oxygens (including phenoxy) is 1. The van der Waals surface area contributed by atoms with Crippen LogP contribution in [-0.2, 0) is 16.6 Å². The van der Waals surface area contributed by atoms with Crippen molar-refractivity contribution in [2.75, 3.05) is 11.4 Å². The summed E-state index contributed by atoms with van der Waals surface area (Å²) in [5.74, 6) is -0.128. The molecular formula is C21H17FN2O3S. The first-order chi connectivity index (χ1) is 13.5. The molecule has 0 aromatic heterocycles. The predicted molar refractivity (Wildman–Crippen MR) is 104 cm³/mol. The summed E-state index contributed by atoms with van der Waals surface area (Å²) in [5, 5.41) is 8.95. The van der Waals surface area contributed by atoms with Crippen LogP contribution in [0.4, 0.5) is 10.1 Å². The molecule has 3 aromatic carbocycles. The number of para-hydroxylation sites is 2. The van der Waals surface area contributed by atoms with Crippen molar-refractivity contribution >= 4 is 15.7 Å². The minimum Gasteiger partial charge on any atom is -0.495 e. The van der Waals surface area contributed by atoms with Crippen LogP contribution in [0.2, 0.25) is 0 Å². The molecule has 0 N–H and O–H groups in total. The van der Waals surface area contributed by atoms with Crippen molar-refractivity contribution in [1.29, 1.82) is 5.26 Å². The van der Waals surface area contributed by atoms with E-state index < -0.39 is 15.8 Å². The van der Waals surface area contributed by atoms with Crippen LogP contribution in [0.3, 0.4) is 0 Å². The van der Waals surface area contributed by atoms with Crippen molar-refractivity contribution in [2.24, 2.45) is 0 Å². The summed E-state index contributed by atoms with van der Waals surface area (Å²) in [5.41, 5.74) is 1.53. The molecule has 7 heteroatoms. The molecular weight excluding hydrogens is 379 g/mol. The van der Waals surface area contributed by atoms with Gasteiger partial charge in [-0.15, -0.1) is 0 Å². The Labute approximate surface area is 163 Å². The monoisotopic (exact) mass is 396 g/mol. The number of nitrogens with zero attached hydrogens (tertiary/aromatic N) is 2. The highest BCUT2D eigenvalue weighted by atomic mass is 32.2. The molecule has 0 amide bonds. The standard InChI is InChI=1S/C21H17FN2O3S/c1-27-21-5-3-2-4-20(21)24(15-17-8-6-16(14-23)7-9-17)28(25,26)19-12-10-18(22)11-13-19/h2-13H,15H2,1H3. The van der Waals surface area contributed by atoms with Crippen molar-refractivity contribution in [3.63, 3.8) is 0 Å². The highest BCUT2D eigenvalue weighted by Crippen LogP contribution is 2.33. The number of hydrogen-bond acceptors (Lipinski definition) is 4. The van der Waals surface area contributed by atoms with Crippen LogP contribution in [-0.4, -0.2) is 15.5 Å². The maximum Gasteiger partial charge on any atom is 0.264 e. The van der Waals surface area contributed by atoms with E-state index in [1.807, 2.05) is 6.07 Å². The van der Waals surface area contributed by atoms with E-state index in [1.54, 1.807) is 48.5 Å². The Balaban J connectivity index is 2.10. The lowest BCUT2D eigenvalue weighted by atomic mass is 10.1. The molecule has 28 heavy (non-hydrogen) atoms. The summed E-state index contributed by atoms with van der Waals surface area (Å²) in [6.07, 6.45) is 0. The van der Waals surface area contributed by atoms with Gasteiger partial charge in [0.15, 0.2) is 0 Å². The first-order valence-electron chi connectivity index (χ1n) is 8.36. The van der Waals surface area contributed by atoms with Gasteiger partial charge in [0.1, 0.15) is 11.6 Å². The molecule has 0 aliphatic carbocycles. The lowest BCUT2D eigenvalue weighted by Crippen LogP contribution is -2.31. The number of sulfonamides is 1. The average molecular weight is 396 g/mol. The van der Waals surface area contributed by atoms with E-state index in [0.717, 1.165) is 12.1 Å². The predicted octanol–water partition coefficient (Wildman–Crippen LogP) is 4.10. The molecule has 0 unspecified atom stereocenters. The first kappa shape index (κ1) is 19.4. The van der Waals surface area contributed by atoms with E-state index in [-0.39, 0.29) is 11.4 Å². The van der Waals surface area contributed by atoms with E-state index >= 15 is 0 Å². The molecule has 0 aliphatic heterocycles. The van der Waals surface area contributed by atoms with Gasteiger partial charge in [-0.05, 0) is 54.1 Å². The van der Waals surface area contributed by atoms with Crippen LogP contribution >= 0.6 is 0 Å². The van der Waals surface area contributed by atoms with Crippen LogP contribution in [0.15, 0.2) is 77.7 Å². The highest BCUT2D eigenvalue weighted by molar-refractivity contribution is 7.92. The van der Waals surface area contributed by atoms with Gasteiger partial charge >= 0.3 is 0 Å². The van der Waals surface area contributed by atoms with Crippen molar-refractivity contribution < 1.29 is 17.5 Å². The lowest BCUT2D eigenvalue weighted by Gasteiger charge is -2.26. The molecule has 5 nitrogen and oxygen atoms in total. The largest absolute Gasteiger partial charge is 0.495 e. The topological polar surface area (TPSA) is 70.4 Å². The minimum absolute atomic E-state index is 0.0196. The fraction of sp³-hybridized carbons (Fsp3) is 0.0952. The third kappa shape index (κ3) is 3.97. The molecule has 0 radical (unpaired) electrons. The van der Waals surface area contributed by atoms with Crippen LogP contribution in [0.5, 0.6) is 5.75 Å². The van der Waals surface area contributed by atoms with Gasteiger partial charge in [0, 0.05) is 0 Å². The Morgan fingerprint density at radius 1 is 1.00 bits per heavy atom. The summed E-state index contributed by atoms with van der Waals surface area (Å²) < 4.78 is 46.5. The summed E-state index contributed by atoms with van der Waals surface area (Å²) in [7, 11) is -2.53. The van der Waals surface area contributed by atoms with Gasteiger partial charge in [0.05, 0.1) is 35.9 Å². The molecule has 0 saturated heterocycles. The minimum atomic E-state index is -4.00. The molecule has 3 aromatic rings. The fourth-order valence-corrected chi connectivity index (χ4v) is 4.18. The zero-order chi connectivity index (χ0) is 20.1. The summed E-state index contributed by atoms with van der Waals surface area (Å²) in [6.45, 7) is 0.0196. The summed E-state index contributed by atoms with van der Waals surface area (Å²) in [4.78, 5) is -0.0338. The second-order valence-corrected chi connectivity index (χ2v) is 7.81. The smallest absolute Gasteiger partial charge is 0.264 e.